The number of aromatic nitrogens is 2. The van der Waals surface area contributed by atoms with Crippen molar-refractivity contribution in [1.82, 2.24) is 9.78 Å². The third-order valence-electron chi connectivity index (χ3n) is 3.02. The molecule has 0 saturated heterocycles. The molecule has 0 bridgehead atoms. The Bertz CT molecular complexity index is 311. The van der Waals surface area contributed by atoms with Gasteiger partial charge in [0, 0.05) is 24.9 Å². The third-order valence-corrected chi connectivity index (χ3v) is 3.02. The van der Waals surface area contributed by atoms with E-state index in [2.05, 4.69) is 5.10 Å². The predicted molar refractivity (Wildman–Crippen MR) is 51.8 cm³/mol. The second kappa shape index (κ2) is 3.71. The predicted octanol–water partition coefficient (Wildman–Crippen LogP) is 0.409. The molecular weight excluding hydrogens is 180 g/mol. The summed E-state index contributed by atoms with van der Waals surface area (Å²) >= 11 is 0. The molecule has 1 aliphatic rings. The van der Waals surface area contributed by atoms with E-state index in [0.717, 1.165) is 5.69 Å². The average Bonchev–Trinajstić information content (AvgIpc) is 2.56. The number of rotatable bonds is 1. The van der Waals surface area contributed by atoms with Gasteiger partial charge in [-0.1, -0.05) is 0 Å². The first-order chi connectivity index (χ1) is 6.68. The molecule has 4 nitrogen and oxygen atoms in total. The van der Waals surface area contributed by atoms with Gasteiger partial charge in [0.25, 0.3) is 0 Å². The van der Waals surface area contributed by atoms with Crippen LogP contribution in [-0.4, -0.2) is 32.2 Å². The summed E-state index contributed by atoms with van der Waals surface area (Å²) in [5.74, 6) is 0.0336. The molecule has 0 amide bonds. The van der Waals surface area contributed by atoms with Crippen LogP contribution in [0.3, 0.4) is 0 Å². The highest BCUT2D eigenvalue weighted by molar-refractivity contribution is 5.11. The van der Waals surface area contributed by atoms with Crippen LogP contribution in [-0.2, 0) is 7.05 Å². The lowest BCUT2D eigenvalue weighted by atomic mass is 9.82. The van der Waals surface area contributed by atoms with Gasteiger partial charge in [-0.2, -0.15) is 5.10 Å². The van der Waals surface area contributed by atoms with Crippen molar-refractivity contribution in [2.45, 2.75) is 37.4 Å². The Hall–Kier alpha value is -0.870. The van der Waals surface area contributed by atoms with Gasteiger partial charge in [-0.05, 0) is 25.3 Å². The van der Waals surface area contributed by atoms with Gasteiger partial charge >= 0.3 is 0 Å². The highest BCUT2D eigenvalue weighted by Crippen LogP contribution is 2.32. The van der Waals surface area contributed by atoms with Crippen LogP contribution in [0.15, 0.2) is 12.3 Å². The van der Waals surface area contributed by atoms with Gasteiger partial charge < -0.3 is 10.2 Å². The summed E-state index contributed by atoms with van der Waals surface area (Å²) in [4.78, 5) is 0. The Balaban J connectivity index is 2.20. The normalized spacial score (nSPS) is 33.2. The minimum atomic E-state index is -0.339. The van der Waals surface area contributed by atoms with E-state index in [1.807, 2.05) is 13.1 Å². The molecule has 1 fully saturated rings. The van der Waals surface area contributed by atoms with Crippen molar-refractivity contribution in [2.24, 2.45) is 7.05 Å². The van der Waals surface area contributed by atoms with Gasteiger partial charge in [0.2, 0.25) is 0 Å². The summed E-state index contributed by atoms with van der Waals surface area (Å²) in [5.41, 5.74) is 1.01. The van der Waals surface area contributed by atoms with E-state index >= 15 is 0 Å². The lowest BCUT2D eigenvalue weighted by Crippen LogP contribution is -2.31. The molecule has 4 heteroatoms. The fraction of sp³-hybridized carbons (Fsp3) is 0.700. The Morgan fingerprint density at radius 2 is 2.21 bits per heavy atom. The Kier molecular flexibility index (Phi) is 2.56. The minimum absolute atomic E-state index is 0.0336. The number of hydrogen-bond acceptors (Lipinski definition) is 3. The first kappa shape index (κ1) is 9.68. The standard InChI is InChI=1S/C10H16N2O2/c1-12-9(4-5-11-12)8-6-7(13)2-3-10(8)14/h4-5,7-8,10,13-14H,2-3,6H2,1H3/t7-,8-,10+/m1/s1. The lowest BCUT2D eigenvalue weighted by molar-refractivity contribution is 0.0332. The Morgan fingerprint density at radius 3 is 2.86 bits per heavy atom. The number of aliphatic hydroxyl groups is 2. The summed E-state index contributed by atoms with van der Waals surface area (Å²) < 4.78 is 1.77. The third kappa shape index (κ3) is 1.67. The molecule has 2 N–H and O–H groups in total. The van der Waals surface area contributed by atoms with Gasteiger partial charge in [0.05, 0.1) is 12.2 Å². The molecule has 2 rings (SSSR count). The molecule has 1 aromatic heterocycles. The zero-order valence-electron chi connectivity index (χ0n) is 8.30. The van der Waals surface area contributed by atoms with Gasteiger partial charge in [0.15, 0.2) is 0 Å². The van der Waals surface area contributed by atoms with Gasteiger partial charge in [-0.3, -0.25) is 4.68 Å². The molecule has 0 unspecified atom stereocenters. The van der Waals surface area contributed by atoms with Gasteiger partial charge in [-0.15, -0.1) is 0 Å². The highest BCUT2D eigenvalue weighted by atomic mass is 16.3. The maximum absolute atomic E-state index is 9.83. The summed E-state index contributed by atoms with van der Waals surface area (Å²) in [5, 5.41) is 23.5. The number of aryl methyl sites for hydroxylation is 1. The SMILES string of the molecule is Cn1nccc1[C@H]1C[C@H](O)CC[C@@H]1O. The quantitative estimate of drug-likeness (QED) is 0.684. The summed E-state index contributed by atoms with van der Waals surface area (Å²) in [6.45, 7) is 0. The minimum Gasteiger partial charge on any atom is -0.393 e. The number of hydrogen-bond donors (Lipinski definition) is 2. The Morgan fingerprint density at radius 1 is 1.43 bits per heavy atom. The van der Waals surface area contributed by atoms with E-state index in [4.69, 9.17) is 0 Å². The van der Waals surface area contributed by atoms with Crippen molar-refractivity contribution < 1.29 is 10.2 Å². The highest BCUT2D eigenvalue weighted by Gasteiger charge is 2.30. The van der Waals surface area contributed by atoms with Gasteiger partial charge in [0.1, 0.15) is 0 Å². The number of nitrogens with zero attached hydrogens (tertiary/aromatic N) is 2. The van der Waals surface area contributed by atoms with E-state index in [9.17, 15) is 10.2 Å². The van der Waals surface area contributed by atoms with Crippen LogP contribution >= 0.6 is 0 Å². The van der Waals surface area contributed by atoms with E-state index in [-0.39, 0.29) is 18.1 Å². The molecule has 78 valence electrons. The van der Waals surface area contributed by atoms with Crippen molar-refractivity contribution in [3.05, 3.63) is 18.0 Å². The second-order valence-corrected chi connectivity index (χ2v) is 4.02. The number of aliphatic hydroxyl groups excluding tert-OH is 2. The van der Waals surface area contributed by atoms with Crippen LogP contribution in [0.1, 0.15) is 30.9 Å². The van der Waals surface area contributed by atoms with Crippen LogP contribution in [0.2, 0.25) is 0 Å². The van der Waals surface area contributed by atoms with Crippen LogP contribution < -0.4 is 0 Å². The summed E-state index contributed by atoms with van der Waals surface area (Å²) in [7, 11) is 1.86. The molecule has 14 heavy (non-hydrogen) atoms. The second-order valence-electron chi connectivity index (χ2n) is 4.02. The van der Waals surface area contributed by atoms with E-state index < -0.39 is 0 Å². The maximum Gasteiger partial charge on any atom is 0.0625 e. The van der Waals surface area contributed by atoms with Crippen LogP contribution in [0.5, 0.6) is 0 Å². The van der Waals surface area contributed by atoms with Crippen LogP contribution in [0, 0.1) is 0 Å². The fourth-order valence-corrected chi connectivity index (χ4v) is 2.20. The van der Waals surface area contributed by atoms with Crippen molar-refractivity contribution >= 4 is 0 Å². The molecule has 1 aromatic rings. The monoisotopic (exact) mass is 196 g/mol. The molecule has 1 saturated carbocycles. The van der Waals surface area contributed by atoms with Crippen molar-refractivity contribution in [1.29, 1.82) is 0 Å². The largest absolute Gasteiger partial charge is 0.393 e. The molecule has 3 atom stereocenters. The fourth-order valence-electron chi connectivity index (χ4n) is 2.20. The topological polar surface area (TPSA) is 58.3 Å². The molecule has 0 spiro atoms. The van der Waals surface area contributed by atoms with Crippen molar-refractivity contribution in [3.8, 4) is 0 Å². The van der Waals surface area contributed by atoms with Crippen LogP contribution in [0.25, 0.3) is 0 Å². The first-order valence-corrected chi connectivity index (χ1v) is 5.02. The Labute approximate surface area is 83.2 Å². The molecule has 0 aliphatic heterocycles. The summed E-state index contributed by atoms with van der Waals surface area (Å²) in [6, 6.07) is 1.91. The molecule has 1 aliphatic carbocycles. The van der Waals surface area contributed by atoms with Crippen LogP contribution in [0.4, 0.5) is 0 Å². The average molecular weight is 196 g/mol. The van der Waals surface area contributed by atoms with E-state index in [1.165, 1.54) is 0 Å². The van der Waals surface area contributed by atoms with Crippen molar-refractivity contribution in [3.63, 3.8) is 0 Å². The summed E-state index contributed by atoms with van der Waals surface area (Å²) in [6.07, 6.45) is 3.13. The maximum atomic E-state index is 9.83. The van der Waals surface area contributed by atoms with E-state index in [1.54, 1.807) is 10.9 Å². The zero-order valence-corrected chi connectivity index (χ0v) is 8.30. The molecule has 0 radical (unpaired) electrons. The smallest absolute Gasteiger partial charge is 0.0625 e. The van der Waals surface area contributed by atoms with E-state index in [0.29, 0.717) is 19.3 Å². The first-order valence-electron chi connectivity index (χ1n) is 5.02. The van der Waals surface area contributed by atoms with Gasteiger partial charge in [-0.25, -0.2) is 0 Å². The zero-order chi connectivity index (χ0) is 10.1. The molecular formula is C10H16N2O2. The van der Waals surface area contributed by atoms with Crippen molar-refractivity contribution in [2.75, 3.05) is 0 Å². The lowest BCUT2D eigenvalue weighted by Gasteiger charge is -2.30. The molecule has 1 heterocycles. The molecule has 0 aromatic carbocycles.